The fourth-order valence-corrected chi connectivity index (χ4v) is 1.84. The van der Waals surface area contributed by atoms with Crippen molar-refractivity contribution in [1.29, 1.82) is 0 Å². The molecule has 0 bridgehead atoms. The lowest BCUT2D eigenvalue weighted by atomic mass is 10.1. The quantitative estimate of drug-likeness (QED) is 0.723. The number of amides is 1. The lowest BCUT2D eigenvalue weighted by Crippen LogP contribution is -2.33. The topological polar surface area (TPSA) is 38.8 Å². The zero-order valence-corrected chi connectivity index (χ0v) is 13.6. The molecule has 0 saturated carbocycles. The van der Waals surface area contributed by atoms with Crippen LogP contribution in [0, 0.1) is 0 Å². The van der Waals surface area contributed by atoms with Crippen molar-refractivity contribution in [3.63, 3.8) is 0 Å². The molecule has 4 heteroatoms. The molecule has 0 aliphatic rings. The first kappa shape index (κ1) is 17.1. The van der Waals surface area contributed by atoms with Crippen LogP contribution in [0.4, 0.5) is 0 Å². The molecule has 116 valence electrons. The summed E-state index contributed by atoms with van der Waals surface area (Å²) in [4.78, 5) is 13.8. The van der Waals surface area contributed by atoms with E-state index >= 15 is 0 Å². The first-order valence-electron chi connectivity index (χ1n) is 7.29. The summed E-state index contributed by atoms with van der Waals surface area (Å²) in [6, 6.07) is 5.85. The second-order valence-electron chi connectivity index (χ2n) is 4.88. The van der Waals surface area contributed by atoms with Gasteiger partial charge in [0, 0.05) is 19.2 Å². The molecule has 0 aliphatic heterocycles. The number of carbonyl (C=O) groups excluding carboxylic acids is 1. The predicted octanol–water partition coefficient (Wildman–Crippen LogP) is 3.36. The first-order chi connectivity index (χ1) is 10.0. The second-order valence-corrected chi connectivity index (χ2v) is 4.88. The molecule has 0 N–H and O–H groups in total. The third kappa shape index (κ3) is 4.81. The molecule has 0 spiro atoms. The largest absolute Gasteiger partial charge is 0.493 e. The van der Waals surface area contributed by atoms with Crippen molar-refractivity contribution >= 4 is 12.0 Å². The van der Waals surface area contributed by atoms with E-state index in [0.717, 1.165) is 12.0 Å². The van der Waals surface area contributed by atoms with E-state index < -0.39 is 0 Å². The Balaban J connectivity index is 2.83. The van der Waals surface area contributed by atoms with E-state index in [1.165, 1.54) is 0 Å². The van der Waals surface area contributed by atoms with Gasteiger partial charge in [0.2, 0.25) is 5.91 Å². The summed E-state index contributed by atoms with van der Waals surface area (Å²) in [7, 11) is 3.42. The van der Waals surface area contributed by atoms with Gasteiger partial charge in [-0.2, -0.15) is 0 Å². The van der Waals surface area contributed by atoms with Crippen LogP contribution in [0.1, 0.15) is 32.8 Å². The van der Waals surface area contributed by atoms with Gasteiger partial charge in [0.15, 0.2) is 11.5 Å². The van der Waals surface area contributed by atoms with Crippen LogP contribution >= 0.6 is 0 Å². The Hall–Kier alpha value is -1.97. The fourth-order valence-electron chi connectivity index (χ4n) is 1.84. The van der Waals surface area contributed by atoms with Crippen molar-refractivity contribution in [1.82, 2.24) is 4.90 Å². The Labute approximate surface area is 127 Å². The van der Waals surface area contributed by atoms with Crippen molar-refractivity contribution in [2.45, 2.75) is 33.2 Å². The highest BCUT2D eigenvalue weighted by molar-refractivity contribution is 5.91. The SMILES string of the molecule is CCOc1ccc(/C=C/C(=O)N(C)C(C)CC)cc1OC. The molecule has 0 aromatic heterocycles. The Kier molecular flexibility index (Phi) is 6.79. The number of methoxy groups -OCH3 is 1. The van der Waals surface area contributed by atoms with Crippen LogP contribution in [0.15, 0.2) is 24.3 Å². The minimum atomic E-state index is -0.00259. The highest BCUT2D eigenvalue weighted by atomic mass is 16.5. The lowest BCUT2D eigenvalue weighted by molar-refractivity contribution is -0.126. The zero-order chi connectivity index (χ0) is 15.8. The number of benzene rings is 1. The maximum absolute atomic E-state index is 12.0. The summed E-state index contributed by atoms with van der Waals surface area (Å²) in [6.07, 6.45) is 4.31. The molecule has 1 aromatic carbocycles. The average Bonchev–Trinajstić information content (AvgIpc) is 2.52. The average molecular weight is 291 g/mol. The molecule has 0 fully saturated rings. The van der Waals surface area contributed by atoms with E-state index in [4.69, 9.17) is 9.47 Å². The van der Waals surface area contributed by atoms with Crippen molar-refractivity contribution in [2.75, 3.05) is 20.8 Å². The molecule has 0 saturated heterocycles. The normalized spacial score (nSPS) is 12.2. The minimum absolute atomic E-state index is 0.00259. The van der Waals surface area contributed by atoms with Gasteiger partial charge in [-0.25, -0.2) is 0 Å². The van der Waals surface area contributed by atoms with Gasteiger partial charge in [-0.15, -0.1) is 0 Å². The smallest absolute Gasteiger partial charge is 0.246 e. The van der Waals surface area contributed by atoms with Gasteiger partial charge >= 0.3 is 0 Å². The molecule has 4 nitrogen and oxygen atoms in total. The third-order valence-electron chi connectivity index (χ3n) is 3.51. The summed E-state index contributed by atoms with van der Waals surface area (Å²) in [5, 5.41) is 0. The van der Waals surface area contributed by atoms with Gasteiger partial charge < -0.3 is 14.4 Å². The summed E-state index contributed by atoms with van der Waals surface area (Å²) >= 11 is 0. The van der Waals surface area contributed by atoms with E-state index in [1.807, 2.05) is 39.1 Å². The van der Waals surface area contributed by atoms with Crippen LogP contribution in [-0.2, 0) is 4.79 Å². The van der Waals surface area contributed by atoms with Crippen LogP contribution in [0.3, 0.4) is 0 Å². The van der Waals surface area contributed by atoms with Crippen molar-refractivity contribution in [2.24, 2.45) is 0 Å². The molecule has 0 heterocycles. The molecule has 1 amide bonds. The number of likely N-dealkylation sites (N-methyl/N-ethyl adjacent to an activating group) is 1. The van der Waals surface area contributed by atoms with Crippen LogP contribution in [0.25, 0.3) is 6.08 Å². The van der Waals surface area contributed by atoms with Gasteiger partial charge in [-0.1, -0.05) is 13.0 Å². The van der Waals surface area contributed by atoms with Crippen molar-refractivity contribution < 1.29 is 14.3 Å². The summed E-state index contributed by atoms with van der Waals surface area (Å²) in [5.74, 6) is 1.37. The Bertz CT molecular complexity index is 497. The zero-order valence-electron chi connectivity index (χ0n) is 13.6. The first-order valence-corrected chi connectivity index (χ1v) is 7.29. The van der Waals surface area contributed by atoms with Gasteiger partial charge in [0.05, 0.1) is 13.7 Å². The number of ether oxygens (including phenoxy) is 2. The van der Waals surface area contributed by atoms with Crippen LogP contribution in [0.2, 0.25) is 0 Å². The predicted molar refractivity (Wildman–Crippen MR) is 85.7 cm³/mol. The number of rotatable bonds is 7. The molecule has 1 aromatic rings. The Morgan fingerprint density at radius 3 is 2.62 bits per heavy atom. The van der Waals surface area contributed by atoms with Crippen molar-refractivity contribution in [3.8, 4) is 11.5 Å². The van der Waals surface area contributed by atoms with E-state index in [0.29, 0.717) is 18.1 Å². The molecular weight excluding hydrogens is 266 g/mol. The van der Waals surface area contributed by atoms with Gasteiger partial charge in [-0.3, -0.25) is 4.79 Å². The van der Waals surface area contributed by atoms with E-state index in [1.54, 1.807) is 24.2 Å². The molecule has 21 heavy (non-hydrogen) atoms. The van der Waals surface area contributed by atoms with Crippen LogP contribution < -0.4 is 9.47 Å². The molecular formula is C17H25NO3. The summed E-state index contributed by atoms with van der Waals surface area (Å²) < 4.78 is 10.8. The molecule has 1 rings (SSSR count). The molecule has 0 aliphatic carbocycles. The number of hydrogen-bond donors (Lipinski definition) is 0. The van der Waals surface area contributed by atoms with E-state index in [9.17, 15) is 4.79 Å². The number of hydrogen-bond acceptors (Lipinski definition) is 3. The van der Waals surface area contributed by atoms with Crippen LogP contribution in [-0.4, -0.2) is 37.6 Å². The molecule has 1 unspecified atom stereocenters. The van der Waals surface area contributed by atoms with Gasteiger partial charge in [0.1, 0.15) is 0 Å². The second kappa shape index (κ2) is 8.35. The highest BCUT2D eigenvalue weighted by Crippen LogP contribution is 2.28. The fraction of sp³-hybridized carbons (Fsp3) is 0.471. The Morgan fingerprint density at radius 1 is 1.33 bits per heavy atom. The molecule has 1 atom stereocenters. The number of nitrogens with zero attached hydrogens (tertiary/aromatic N) is 1. The van der Waals surface area contributed by atoms with Gasteiger partial charge in [-0.05, 0) is 44.0 Å². The van der Waals surface area contributed by atoms with E-state index in [2.05, 4.69) is 6.92 Å². The molecule has 0 radical (unpaired) electrons. The summed E-state index contributed by atoms with van der Waals surface area (Å²) in [6.45, 7) is 6.61. The monoisotopic (exact) mass is 291 g/mol. The maximum Gasteiger partial charge on any atom is 0.246 e. The summed E-state index contributed by atoms with van der Waals surface area (Å²) in [5.41, 5.74) is 0.904. The Morgan fingerprint density at radius 2 is 2.05 bits per heavy atom. The minimum Gasteiger partial charge on any atom is -0.493 e. The van der Waals surface area contributed by atoms with Gasteiger partial charge in [0.25, 0.3) is 0 Å². The maximum atomic E-state index is 12.0. The standard InChI is InChI=1S/C17H25NO3/c1-6-13(3)18(4)17(19)11-9-14-8-10-15(21-7-2)16(12-14)20-5/h8-13H,6-7H2,1-5H3/b11-9+. The third-order valence-corrected chi connectivity index (χ3v) is 3.51. The van der Waals surface area contributed by atoms with E-state index in [-0.39, 0.29) is 11.9 Å². The van der Waals surface area contributed by atoms with Crippen molar-refractivity contribution in [3.05, 3.63) is 29.8 Å². The number of carbonyl (C=O) groups is 1. The van der Waals surface area contributed by atoms with Crippen LogP contribution in [0.5, 0.6) is 11.5 Å². The lowest BCUT2D eigenvalue weighted by Gasteiger charge is -2.22. The highest BCUT2D eigenvalue weighted by Gasteiger charge is 2.11.